The van der Waals surface area contributed by atoms with Crippen molar-refractivity contribution in [3.05, 3.63) is 58.2 Å². The van der Waals surface area contributed by atoms with E-state index in [1.54, 1.807) is 42.6 Å². The number of fused-ring (bicyclic) bond motifs is 1. The maximum atomic E-state index is 12.3. The molecule has 0 spiro atoms. The van der Waals surface area contributed by atoms with Gasteiger partial charge in [0.1, 0.15) is 16.4 Å². The number of amides is 1. The van der Waals surface area contributed by atoms with Gasteiger partial charge in [0.2, 0.25) is 0 Å². The number of nitriles is 1. The predicted octanol–water partition coefficient (Wildman–Crippen LogP) is 3.34. The van der Waals surface area contributed by atoms with Crippen LogP contribution in [0, 0.1) is 11.3 Å². The molecule has 1 aromatic carbocycles. The van der Waals surface area contributed by atoms with Crippen LogP contribution in [0.25, 0.3) is 10.3 Å². The van der Waals surface area contributed by atoms with Crippen molar-refractivity contribution in [1.29, 1.82) is 5.26 Å². The molecule has 7 heteroatoms. The van der Waals surface area contributed by atoms with E-state index < -0.39 is 11.9 Å². The summed E-state index contributed by atoms with van der Waals surface area (Å²) in [5.74, 6) is -0.422. The average molecular weight is 329 g/mol. The second-order valence-electron chi connectivity index (χ2n) is 4.40. The summed E-state index contributed by atoms with van der Waals surface area (Å²) in [5.41, 5.74) is 1.21. The topological polar surface area (TPSA) is 78.7 Å². The zero-order valence-electron chi connectivity index (χ0n) is 11.2. The molecule has 2 heterocycles. The Balaban J connectivity index is 1.86. The number of benzene rings is 1. The number of carbonyl (C=O) groups is 1. The SMILES string of the molecule is N#CC(NC(=O)c1nc2cccnc2s1)c1ccccc1Cl. The normalized spacial score (nSPS) is 11.8. The van der Waals surface area contributed by atoms with Gasteiger partial charge in [-0.1, -0.05) is 41.1 Å². The minimum absolute atomic E-state index is 0.265. The molecule has 0 aliphatic rings. The van der Waals surface area contributed by atoms with Crippen molar-refractivity contribution in [2.24, 2.45) is 0 Å². The third-order valence-electron chi connectivity index (χ3n) is 2.98. The first-order chi connectivity index (χ1) is 10.7. The Labute approximate surface area is 135 Å². The summed E-state index contributed by atoms with van der Waals surface area (Å²) in [5, 5.41) is 12.6. The fourth-order valence-electron chi connectivity index (χ4n) is 1.95. The molecular weight excluding hydrogens is 320 g/mol. The van der Waals surface area contributed by atoms with E-state index in [0.29, 0.717) is 20.9 Å². The van der Waals surface area contributed by atoms with Gasteiger partial charge in [-0.15, -0.1) is 0 Å². The number of rotatable bonds is 3. The average Bonchev–Trinajstić information content (AvgIpc) is 2.97. The van der Waals surface area contributed by atoms with Gasteiger partial charge >= 0.3 is 0 Å². The Bertz CT molecular complexity index is 853. The number of pyridine rings is 1. The first kappa shape index (κ1) is 14.4. The minimum atomic E-state index is -0.832. The zero-order chi connectivity index (χ0) is 15.5. The van der Waals surface area contributed by atoms with Crippen LogP contribution in [-0.4, -0.2) is 15.9 Å². The quantitative estimate of drug-likeness (QED) is 0.799. The number of nitrogens with zero attached hydrogens (tertiary/aromatic N) is 3. The van der Waals surface area contributed by atoms with Gasteiger partial charge in [0.05, 0.1) is 6.07 Å². The van der Waals surface area contributed by atoms with Gasteiger partial charge in [0.15, 0.2) is 5.01 Å². The monoisotopic (exact) mass is 328 g/mol. The predicted molar refractivity (Wildman–Crippen MR) is 84.7 cm³/mol. The molecule has 0 saturated carbocycles. The van der Waals surface area contributed by atoms with Crippen LogP contribution in [0.4, 0.5) is 0 Å². The van der Waals surface area contributed by atoms with Crippen molar-refractivity contribution < 1.29 is 4.79 Å². The highest BCUT2D eigenvalue weighted by Gasteiger charge is 2.20. The summed E-state index contributed by atoms with van der Waals surface area (Å²) < 4.78 is 0. The van der Waals surface area contributed by atoms with Gasteiger partial charge in [-0.25, -0.2) is 9.97 Å². The van der Waals surface area contributed by atoms with E-state index in [-0.39, 0.29) is 5.01 Å². The second kappa shape index (κ2) is 6.10. The largest absolute Gasteiger partial charge is 0.330 e. The lowest BCUT2D eigenvalue weighted by Gasteiger charge is -2.12. The summed E-state index contributed by atoms with van der Waals surface area (Å²) in [4.78, 5) is 21.3. The zero-order valence-corrected chi connectivity index (χ0v) is 12.7. The Hall–Kier alpha value is -2.49. The molecule has 1 atom stereocenters. The molecule has 3 rings (SSSR count). The van der Waals surface area contributed by atoms with E-state index in [1.165, 1.54) is 11.3 Å². The number of aromatic nitrogens is 2. The van der Waals surface area contributed by atoms with Gasteiger partial charge in [-0.05, 0) is 18.2 Å². The van der Waals surface area contributed by atoms with Crippen molar-refractivity contribution in [3.8, 4) is 6.07 Å². The number of hydrogen-bond donors (Lipinski definition) is 1. The van der Waals surface area contributed by atoms with Crippen molar-refractivity contribution in [3.63, 3.8) is 0 Å². The van der Waals surface area contributed by atoms with Crippen LogP contribution in [0.2, 0.25) is 5.02 Å². The van der Waals surface area contributed by atoms with Crippen LogP contribution in [0.15, 0.2) is 42.6 Å². The van der Waals surface area contributed by atoms with Crippen molar-refractivity contribution in [2.45, 2.75) is 6.04 Å². The fraction of sp³-hybridized carbons (Fsp3) is 0.0667. The molecule has 1 amide bonds. The van der Waals surface area contributed by atoms with E-state index in [0.717, 1.165) is 0 Å². The molecule has 1 N–H and O–H groups in total. The highest BCUT2D eigenvalue weighted by atomic mass is 35.5. The third-order valence-corrected chi connectivity index (χ3v) is 4.30. The Morgan fingerprint density at radius 2 is 2.14 bits per heavy atom. The number of carbonyl (C=O) groups excluding carboxylic acids is 1. The molecule has 0 radical (unpaired) electrons. The number of halogens is 1. The standard InChI is InChI=1S/C15H9ClN4OS/c16-10-5-2-1-4-9(10)12(8-17)19-13(21)15-20-11-6-3-7-18-14(11)22-15/h1-7,12H,(H,19,21). The highest BCUT2D eigenvalue weighted by Crippen LogP contribution is 2.24. The maximum Gasteiger partial charge on any atom is 0.281 e. The molecule has 3 aromatic rings. The molecule has 0 aliphatic heterocycles. The van der Waals surface area contributed by atoms with Crippen molar-refractivity contribution in [1.82, 2.24) is 15.3 Å². The first-order valence-corrected chi connectivity index (χ1v) is 7.55. The smallest absolute Gasteiger partial charge is 0.281 e. The van der Waals surface area contributed by atoms with Gasteiger partial charge in [-0.2, -0.15) is 5.26 Å². The fourth-order valence-corrected chi connectivity index (χ4v) is 3.00. The first-order valence-electron chi connectivity index (χ1n) is 6.35. The minimum Gasteiger partial charge on any atom is -0.330 e. The molecule has 0 bridgehead atoms. The Kier molecular flexibility index (Phi) is 4.00. The molecule has 2 aromatic heterocycles. The number of nitrogens with one attached hydrogen (secondary N) is 1. The summed E-state index contributed by atoms with van der Waals surface area (Å²) in [6, 6.07) is 11.7. The van der Waals surface area contributed by atoms with E-state index in [9.17, 15) is 10.1 Å². The molecule has 22 heavy (non-hydrogen) atoms. The van der Waals surface area contributed by atoms with Gasteiger partial charge in [-0.3, -0.25) is 4.79 Å². The van der Waals surface area contributed by atoms with Crippen LogP contribution in [0.1, 0.15) is 21.4 Å². The highest BCUT2D eigenvalue weighted by molar-refractivity contribution is 7.19. The van der Waals surface area contributed by atoms with Crippen LogP contribution >= 0.6 is 22.9 Å². The van der Waals surface area contributed by atoms with Crippen LogP contribution in [-0.2, 0) is 0 Å². The van der Waals surface area contributed by atoms with Crippen LogP contribution < -0.4 is 5.32 Å². The molecule has 5 nitrogen and oxygen atoms in total. The number of hydrogen-bond acceptors (Lipinski definition) is 5. The maximum absolute atomic E-state index is 12.3. The molecule has 1 unspecified atom stereocenters. The Morgan fingerprint density at radius 1 is 1.32 bits per heavy atom. The third kappa shape index (κ3) is 2.77. The number of thiazole rings is 1. The summed E-state index contributed by atoms with van der Waals surface area (Å²) in [6.07, 6.45) is 1.64. The van der Waals surface area contributed by atoms with E-state index in [1.807, 2.05) is 6.07 Å². The lowest BCUT2D eigenvalue weighted by molar-refractivity contribution is 0.0945. The van der Waals surface area contributed by atoms with Gasteiger partial charge in [0.25, 0.3) is 5.91 Å². The summed E-state index contributed by atoms with van der Waals surface area (Å²) >= 11 is 7.25. The van der Waals surface area contributed by atoms with Gasteiger partial charge in [0, 0.05) is 16.8 Å². The van der Waals surface area contributed by atoms with Crippen LogP contribution in [0.5, 0.6) is 0 Å². The summed E-state index contributed by atoms with van der Waals surface area (Å²) in [7, 11) is 0. The second-order valence-corrected chi connectivity index (χ2v) is 5.79. The molecule has 0 saturated heterocycles. The van der Waals surface area contributed by atoms with Crippen LogP contribution in [0.3, 0.4) is 0 Å². The molecule has 0 fully saturated rings. The lowest BCUT2D eigenvalue weighted by Crippen LogP contribution is -2.27. The van der Waals surface area contributed by atoms with E-state index in [4.69, 9.17) is 11.6 Å². The van der Waals surface area contributed by atoms with E-state index in [2.05, 4.69) is 15.3 Å². The molecular formula is C15H9ClN4OS. The molecule has 0 aliphatic carbocycles. The van der Waals surface area contributed by atoms with Crippen molar-refractivity contribution >= 4 is 39.2 Å². The molecule has 108 valence electrons. The van der Waals surface area contributed by atoms with E-state index >= 15 is 0 Å². The van der Waals surface area contributed by atoms with Crippen molar-refractivity contribution in [2.75, 3.05) is 0 Å². The lowest BCUT2D eigenvalue weighted by atomic mass is 10.1. The van der Waals surface area contributed by atoms with Gasteiger partial charge < -0.3 is 5.32 Å². The Morgan fingerprint density at radius 3 is 2.86 bits per heavy atom. The summed E-state index contributed by atoms with van der Waals surface area (Å²) in [6.45, 7) is 0.